The van der Waals surface area contributed by atoms with Gasteiger partial charge in [-0.05, 0) is 58.6 Å². The quantitative estimate of drug-likeness (QED) is 0.866. The van der Waals surface area contributed by atoms with Gasteiger partial charge in [0.05, 0.1) is 11.5 Å². The summed E-state index contributed by atoms with van der Waals surface area (Å²) in [6, 6.07) is 6.47. The number of sulfonamides is 1. The van der Waals surface area contributed by atoms with Gasteiger partial charge in [0, 0.05) is 10.7 Å². The zero-order chi connectivity index (χ0) is 15.6. The van der Waals surface area contributed by atoms with Gasteiger partial charge in [0.25, 0.3) is 10.0 Å². The second-order valence-corrected chi connectivity index (χ2v) is 7.19. The lowest BCUT2D eigenvalue weighted by Crippen LogP contribution is -2.15. The third-order valence-corrected chi connectivity index (χ3v) is 5.34. The molecule has 0 atom stereocenters. The van der Waals surface area contributed by atoms with Crippen LogP contribution in [0.2, 0.25) is 0 Å². The van der Waals surface area contributed by atoms with Gasteiger partial charge in [-0.1, -0.05) is 12.1 Å². The molecule has 0 radical (unpaired) electrons. The van der Waals surface area contributed by atoms with Crippen LogP contribution in [0.3, 0.4) is 0 Å². The normalized spacial score (nSPS) is 11.4. The molecule has 1 aromatic carbocycles. The van der Waals surface area contributed by atoms with E-state index in [4.69, 9.17) is 5.11 Å². The molecule has 0 amide bonds. The maximum Gasteiger partial charge on any atom is 0.263 e. The first-order valence-electron chi connectivity index (χ1n) is 6.19. The highest BCUT2D eigenvalue weighted by Gasteiger charge is 2.18. The van der Waals surface area contributed by atoms with Gasteiger partial charge in [0.1, 0.15) is 5.82 Å². The zero-order valence-electron chi connectivity index (χ0n) is 11.6. The van der Waals surface area contributed by atoms with Crippen LogP contribution in [0.15, 0.2) is 39.8 Å². The molecular formula is C14H15BrN2O3S. The van der Waals surface area contributed by atoms with E-state index in [1.54, 1.807) is 31.3 Å². The Morgan fingerprint density at radius 1 is 1.24 bits per heavy atom. The number of aliphatic hydroxyl groups is 1. The third-order valence-electron chi connectivity index (χ3n) is 3.01. The van der Waals surface area contributed by atoms with Crippen LogP contribution in [0.25, 0.3) is 0 Å². The van der Waals surface area contributed by atoms with Crippen molar-refractivity contribution in [3.05, 3.63) is 51.6 Å². The first-order chi connectivity index (χ1) is 9.83. The van der Waals surface area contributed by atoms with Crippen LogP contribution in [-0.4, -0.2) is 18.5 Å². The summed E-state index contributed by atoms with van der Waals surface area (Å²) < 4.78 is 28.1. The van der Waals surface area contributed by atoms with E-state index < -0.39 is 10.0 Å². The monoisotopic (exact) mass is 370 g/mol. The van der Waals surface area contributed by atoms with Gasteiger partial charge in [-0.3, -0.25) is 4.72 Å². The smallest absolute Gasteiger partial charge is 0.263 e. The molecule has 1 heterocycles. The van der Waals surface area contributed by atoms with E-state index in [1.807, 2.05) is 6.92 Å². The average molecular weight is 371 g/mol. The Labute approximate surface area is 132 Å². The third kappa shape index (κ3) is 3.61. The number of halogens is 1. The number of benzene rings is 1. The molecule has 0 saturated carbocycles. The Balaban J connectivity index is 2.40. The lowest BCUT2D eigenvalue weighted by atomic mass is 10.2. The predicted octanol–water partition coefficient (Wildman–Crippen LogP) is 2.75. The fourth-order valence-electron chi connectivity index (χ4n) is 1.82. The van der Waals surface area contributed by atoms with Crippen molar-refractivity contribution < 1.29 is 13.5 Å². The number of nitrogens with one attached hydrogen (secondary N) is 1. The fourth-order valence-corrected chi connectivity index (χ4v) is 3.33. The van der Waals surface area contributed by atoms with Crippen LogP contribution in [0.5, 0.6) is 0 Å². The van der Waals surface area contributed by atoms with Crippen molar-refractivity contribution >= 4 is 31.8 Å². The number of aliphatic hydroxyl groups excluding tert-OH is 1. The molecule has 5 nitrogen and oxygen atoms in total. The second kappa shape index (κ2) is 6.13. The fraction of sp³-hybridized carbons (Fsp3) is 0.214. The highest BCUT2D eigenvalue weighted by Crippen LogP contribution is 2.22. The van der Waals surface area contributed by atoms with E-state index in [2.05, 4.69) is 25.6 Å². The maximum atomic E-state index is 12.4. The lowest BCUT2D eigenvalue weighted by Gasteiger charge is -2.11. The second-order valence-electron chi connectivity index (χ2n) is 4.68. The van der Waals surface area contributed by atoms with Crippen LogP contribution >= 0.6 is 15.9 Å². The molecule has 2 rings (SSSR count). The number of anilines is 1. The SMILES string of the molecule is Cc1cc(NS(=O)(=O)c2cc(CO)ccc2C)ncc1Br. The Kier molecular flexibility index (Phi) is 4.65. The number of aromatic nitrogens is 1. The number of pyridine rings is 1. The number of hydrogen-bond acceptors (Lipinski definition) is 4. The minimum atomic E-state index is -3.75. The van der Waals surface area contributed by atoms with Gasteiger partial charge in [0.2, 0.25) is 0 Å². The summed E-state index contributed by atoms with van der Waals surface area (Å²) in [6.45, 7) is 3.34. The average Bonchev–Trinajstić information content (AvgIpc) is 2.43. The molecule has 0 aliphatic carbocycles. The van der Waals surface area contributed by atoms with E-state index in [0.717, 1.165) is 10.0 Å². The number of nitrogens with zero attached hydrogens (tertiary/aromatic N) is 1. The zero-order valence-corrected chi connectivity index (χ0v) is 14.0. The summed E-state index contributed by atoms with van der Waals surface area (Å²) in [5.74, 6) is 0.254. The molecule has 0 unspecified atom stereocenters. The first kappa shape index (κ1) is 15.9. The Morgan fingerprint density at radius 3 is 2.57 bits per heavy atom. The van der Waals surface area contributed by atoms with E-state index in [1.165, 1.54) is 6.07 Å². The highest BCUT2D eigenvalue weighted by atomic mass is 79.9. The van der Waals surface area contributed by atoms with Crippen molar-refractivity contribution in [1.29, 1.82) is 0 Å². The van der Waals surface area contributed by atoms with Crippen molar-refractivity contribution in [2.24, 2.45) is 0 Å². The summed E-state index contributed by atoms with van der Waals surface area (Å²) in [4.78, 5) is 4.17. The molecular weight excluding hydrogens is 356 g/mol. The van der Waals surface area contributed by atoms with Crippen LogP contribution in [-0.2, 0) is 16.6 Å². The number of rotatable bonds is 4. The molecule has 112 valence electrons. The molecule has 0 aliphatic rings. The van der Waals surface area contributed by atoms with Crippen LogP contribution in [0.1, 0.15) is 16.7 Å². The summed E-state index contributed by atoms with van der Waals surface area (Å²) >= 11 is 3.32. The van der Waals surface area contributed by atoms with Gasteiger partial charge >= 0.3 is 0 Å². The Hall–Kier alpha value is -1.44. The van der Waals surface area contributed by atoms with E-state index >= 15 is 0 Å². The minimum Gasteiger partial charge on any atom is -0.392 e. The number of aryl methyl sites for hydroxylation is 2. The van der Waals surface area contributed by atoms with Crippen molar-refractivity contribution in [2.75, 3.05) is 4.72 Å². The van der Waals surface area contributed by atoms with Crippen molar-refractivity contribution in [3.63, 3.8) is 0 Å². The first-order valence-corrected chi connectivity index (χ1v) is 8.46. The molecule has 1 aromatic heterocycles. The predicted molar refractivity (Wildman–Crippen MR) is 84.6 cm³/mol. The Bertz CT molecular complexity index is 776. The lowest BCUT2D eigenvalue weighted by molar-refractivity contribution is 0.281. The van der Waals surface area contributed by atoms with Crippen molar-refractivity contribution in [3.8, 4) is 0 Å². The van der Waals surface area contributed by atoms with Crippen LogP contribution in [0, 0.1) is 13.8 Å². The molecule has 0 aliphatic heterocycles. The standard InChI is InChI=1S/C14H15BrN2O3S/c1-9-3-4-11(8-18)6-13(9)21(19,20)17-14-5-10(2)12(15)7-16-14/h3-7,18H,8H2,1-2H3,(H,16,17). The summed E-state index contributed by atoms with van der Waals surface area (Å²) in [7, 11) is -3.75. The van der Waals surface area contributed by atoms with E-state index in [0.29, 0.717) is 11.1 Å². The molecule has 0 saturated heterocycles. The maximum absolute atomic E-state index is 12.4. The molecule has 21 heavy (non-hydrogen) atoms. The molecule has 0 bridgehead atoms. The Morgan fingerprint density at radius 2 is 1.95 bits per heavy atom. The summed E-state index contributed by atoms with van der Waals surface area (Å²) in [5, 5.41) is 9.14. The van der Waals surface area contributed by atoms with Crippen LogP contribution < -0.4 is 4.72 Å². The molecule has 0 fully saturated rings. The minimum absolute atomic E-state index is 0.136. The van der Waals surface area contributed by atoms with E-state index in [-0.39, 0.29) is 17.3 Å². The topological polar surface area (TPSA) is 79.3 Å². The van der Waals surface area contributed by atoms with Gasteiger partial charge < -0.3 is 5.11 Å². The number of hydrogen-bond donors (Lipinski definition) is 2. The van der Waals surface area contributed by atoms with Gasteiger partial charge in [0.15, 0.2) is 0 Å². The molecule has 2 N–H and O–H groups in total. The van der Waals surface area contributed by atoms with E-state index in [9.17, 15) is 8.42 Å². The van der Waals surface area contributed by atoms with Crippen molar-refractivity contribution in [1.82, 2.24) is 4.98 Å². The largest absolute Gasteiger partial charge is 0.392 e. The molecule has 2 aromatic rings. The highest BCUT2D eigenvalue weighted by molar-refractivity contribution is 9.10. The summed E-state index contributed by atoms with van der Waals surface area (Å²) in [6.07, 6.45) is 1.55. The van der Waals surface area contributed by atoms with Crippen molar-refractivity contribution in [2.45, 2.75) is 25.3 Å². The summed E-state index contributed by atoms with van der Waals surface area (Å²) in [5.41, 5.74) is 2.03. The van der Waals surface area contributed by atoms with Gasteiger partial charge in [-0.25, -0.2) is 13.4 Å². The van der Waals surface area contributed by atoms with Gasteiger partial charge in [-0.2, -0.15) is 0 Å². The molecule has 0 spiro atoms. The van der Waals surface area contributed by atoms with Crippen LogP contribution in [0.4, 0.5) is 5.82 Å². The van der Waals surface area contributed by atoms with Gasteiger partial charge in [-0.15, -0.1) is 0 Å². The molecule has 7 heteroatoms.